The van der Waals surface area contributed by atoms with Crippen molar-refractivity contribution < 1.29 is 4.52 Å². The Morgan fingerprint density at radius 1 is 1.39 bits per heavy atom. The van der Waals surface area contributed by atoms with Crippen LogP contribution in [0.2, 0.25) is 0 Å². The average Bonchev–Trinajstić information content (AvgIpc) is 2.64. The molecule has 0 amide bonds. The van der Waals surface area contributed by atoms with Gasteiger partial charge in [0.05, 0.1) is 0 Å². The van der Waals surface area contributed by atoms with Crippen LogP contribution in [0.3, 0.4) is 0 Å². The highest BCUT2D eigenvalue weighted by Gasteiger charge is 2.19. The number of rotatable bonds is 3. The molecule has 0 unspecified atom stereocenters. The SMILES string of the molecule is Cc1cccc(-c2onc(N)c2CC(C)C)c1Br. The van der Waals surface area contributed by atoms with Crippen molar-refractivity contribution in [1.82, 2.24) is 5.16 Å². The van der Waals surface area contributed by atoms with Crippen LogP contribution < -0.4 is 5.73 Å². The molecule has 0 aliphatic heterocycles. The lowest BCUT2D eigenvalue weighted by molar-refractivity contribution is 0.434. The number of nitrogen functional groups attached to an aromatic ring is 1. The molecule has 0 radical (unpaired) electrons. The van der Waals surface area contributed by atoms with E-state index in [0.29, 0.717) is 11.7 Å². The number of nitrogens with two attached hydrogens (primary N) is 1. The molecular formula is C14H17BrN2O. The van der Waals surface area contributed by atoms with Gasteiger partial charge >= 0.3 is 0 Å². The molecular weight excluding hydrogens is 292 g/mol. The van der Waals surface area contributed by atoms with Gasteiger partial charge in [-0.05, 0) is 46.8 Å². The predicted molar refractivity (Wildman–Crippen MR) is 77.3 cm³/mol. The fraction of sp³-hybridized carbons (Fsp3) is 0.357. The fourth-order valence-electron chi connectivity index (χ4n) is 1.96. The van der Waals surface area contributed by atoms with Crippen molar-refractivity contribution in [3.8, 4) is 11.3 Å². The lowest BCUT2D eigenvalue weighted by atomic mass is 9.99. The van der Waals surface area contributed by atoms with Crippen molar-refractivity contribution in [3.63, 3.8) is 0 Å². The molecule has 0 fully saturated rings. The van der Waals surface area contributed by atoms with Crippen molar-refractivity contribution in [2.75, 3.05) is 5.73 Å². The second-order valence-electron chi connectivity index (χ2n) is 4.91. The van der Waals surface area contributed by atoms with E-state index in [-0.39, 0.29) is 0 Å². The molecule has 1 aromatic carbocycles. The van der Waals surface area contributed by atoms with Gasteiger partial charge in [-0.3, -0.25) is 0 Å². The topological polar surface area (TPSA) is 52.0 Å². The average molecular weight is 309 g/mol. The van der Waals surface area contributed by atoms with Crippen LogP contribution in [-0.4, -0.2) is 5.16 Å². The first-order valence-corrected chi connectivity index (χ1v) is 6.79. The van der Waals surface area contributed by atoms with Gasteiger partial charge in [0.2, 0.25) is 0 Å². The molecule has 2 N–H and O–H groups in total. The number of benzene rings is 1. The summed E-state index contributed by atoms with van der Waals surface area (Å²) in [6.45, 7) is 6.36. The van der Waals surface area contributed by atoms with Crippen LogP contribution >= 0.6 is 15.9 Å². The first-order chi connectivity index (χ1) is 8.50. The van der Waals surface area contributed by atoms with Crippen molar-refractivity contribution in [1.29, 1.82) is 0 Å². The van der Waals surface area contributed by atoms with Crippen LogP contribution in [0.1, 0.15) is 25.0 Å². The summed E-state index contributed by atoms with van der Waals surface area (Å²) in [7, 11) is 0. The minimum Gasteiger partial charge on any atom is -0.381 e. The van der Waals surface area contributed by atoms with Crippen molar-refractivity contribution >= 4 is 21.7 Å². The van der Waals surface area contributed by atoms with E-state index in [1.165, 1.54) is 0 Å². The van der Waals surface area contributed by atoms with Gasteiger partial charge in [-0.2, -0.15) is 0 Å². The molecule has 1 aromatic heterocycles. The van der Waals surface area contributed by atoms with E-state index in [0.717, 1.165) is 33.3 Å². The molecule has 1 heterocycles. The smallest absolute Gasteiger partial charge is 0.173 e. The molecule has 0 saturated heterocycles. The zero-order chi connectivity index (χ0) is 13.3. The van der Waals surface area contributed by atoms with E-state index < -0.39 is 0 Å². The van der Waals surface area contributed by atoms with Crippen LogP contribution in [-0.2, 0) is 6.42 Å². The summed E-state index contributed by atoms with van der Waals surface area (Å²) in [6.07, 6.45) is 0.866. The Kier molecular flexibility index (Phi) is 3.76. The Hall–Kier alpha value is -1.29. The minimum absolute atomic E-state index is 0.493. The molecule has 0 saturated carbocycles. The number of nitrogens with zero attached hydrogens (tertiary/aromatic N) is 1. The number of hydrogen-bond acceptors (Lipinski definition) is 3. The predicted octanol–water partition coefficient (Wildman–Crippen LogP) is 4.19. The Bertz CT molecular complexity index is 561. The highest BCUT2D eigenvalue weighted by molar-refractivity contribution is 9.10. The van der Waals surface area contributed by atoms with Crippen molar-refractivity contribution in [2.45, 2.75) is 27.2 Å². The van der Waals surface area contributed by atoms with Gasteiger partial charge < -0.3 is 10.3 Å². The molecule has 0 bridgehead atoms. The third kappa shape index (κ3) is 2.43. The fourth-order valence-corrected chi connectivity index (χ4v) is 2.41. The molecule has 2 rings (SSSR count). The van der Waals surface area contributed by atoms with E-state index in [2.05, 4.69) is 47.9 Å². The molecule has 0 spiro atoms. The first kappa shape index (κ1) is 13.1. The number of aryl methyl sites for hydroxylation is 1. The standard InChI is InChI=1S/C14H17BrN2O/c1-8(2)7-11-13(18-17-14(11)16)10-6-4-5-9(3)12(10)15/h4-6,8H,7H2,1-3H3,(H2,16,17). The summed E-state index contributed by atoms with van der Waals surface area (Å²) >= 11 is 3.60. The van der Waals surface area contributed by atoms with E-state index in [1.807, 2.05) is 12.1 Å². The molecule has 0 aliphatic rings. The maximum atomic E-state index is 5.89. The van der Waals surface area contributed by atoms with Gasteiger partial charge in [0.15, 0.2) is 11.6 Å². The van der Waals surface area contributed by atoms with Gasteiger partial charge in [-0.25, -0.2) is 0 Å². The van der Waals surface area contributed by atoms with Gasteiger partial charge in [0.25, 0.3) is 0 Å². The Morgan fingerprint density at radius 2 is 2.11 bits per heavy atom. The first-order valence-electron chi connectivity index (χ1n) is 6.00. The van der Waals surface area contributed by atoms with Gasteiger partial charge in [0, 0.05) is 15.6 Å². The summed E-state index contributed by atoms with van der Waals surface area (Å²) < 4.78 is 6.45. The third-order valence-corrected chi connectivity index (χ3v) is 3.92. The Balaban J connectivity index is 2.54. The van der Waals surface area contributed by atoms with E-state index in [9.17, 15) is 0 Å². The second-order valence-corrected chi connectivity index (χ2v) is 5.70. The molecule has 2 aromatic rings. The number of anilines is 1. The quantitative estimate of drug-likeness (QED) is 0.924. The molecule has 18 heavy (non-hydrogen) atoms. The summed E-state index contributed by atoms with van der Waals surface area (Å²) in [5.41, 5.74) is 9.07. The highest BCUT2D eigenvalue weighted by Crippen LogP contribution is 2.35. The van der Waals surface area contributed by atoms with Crippen LogP contribution in [0.5, 0.6) is 0 Å². The largest absolute Gasteiger partial charge is 0.381 e. The third-order valence-electron chi connectivity index (χ3n) is 2.87. The highest BCUT2D eigenvalue weighted by atomic mass is 79.9. The lowest BCUT2D eigenvalue weighted by Crippen LogP contribution is -1.99. The van der Waals surface area contributed by atoms with E-state index in [1.54, 1.807) is 0 Å². The summed E-state index contributed by atoms with van der Waals surface area (Å²) in [5, 5.41) is 3.90. The molecule has 0 aliphatic carbocycles. The number of aromatic nitrogens is 1. The van der Waals surface area contributed by atoms with Crippen molar-refractivity contribution in [2.24, 2.45) is 5.92 Å². The summed E-state index contributed by atoms with van der Waals surface area (Å²) in [4.78, 5) is 0. The lowest BCUT2D eigenvalue weighted by Gasteiger charge is -2.08. The van der Waals surface area contributed by atoms with Gasteiger partial charge in [-0.15, -0.1) is 0 Å². The van der Waals surface area contributed by atoms with Crippen molar-refractivity contribution in [3.05, 3.63) is 33.8 Å². The zero-order valence-electron chi connectivity index (χ0n) is 10.8. The second kappa shape index (κ2) is 5.14. The molecule has 3 nitrogen and oxygen atoms in total. The maximum Gasteiger partial charge on any atom is 0.173 e. The monoisotopic (exact) mass is 308 g/mol. The van der Waals surface area contributed by atoms with Crippen LogP contribution in [0.25, 0.3) is 11.3 Å². The molecule has 4 heteroatoms. The normalized spacial score (nSPS) is 11.2. The number of halogens is 1. The van der Waals surface area contributed by atoms with Crippen LogP contribution in [0.4, 0.5) is 5.82 Å². The van der Waals surface area contributed by atoms with E-state index >= 15 is 0 Å². The number of hydrogen-bond donors (Lipinski definition) is 1. The summed E-state index contributed by atoms with van der Waals surface area (Å²) in [5.74, 6) is 1.78. The van der Waals surface area contributed by atoms with E-state index in [4.69, 9.17) is 10.3 Å². The Labute approximate surface area is 115 Å². The molecule has 96 valence electrons. The Morgan fingerprint density at radius 3 is 2.78 bits per heavy atom. The summed E-state index contributed by atoms with van der Waals surface area (Å²) in [6, 6.07) is 6.07. The van der Waals surface area contributed by atoms with Gasteiger partial charge in [-0.1, -0.05) is 31.1 Å². The molecule has 0 atom stereocenters. The van der Waals surface area contributed by atoms with Crippen LogP contribution in [0.15, 0.2) is 27.2 Å². The minimum atomic E-state index is 0.493. The van der Waals surface area contributed by atoms with Gasteiger partial charge in [0.1, 0.15) is 0 Å². The zero-order valence-corrected chi connectivity index (χ0v) is 12.4. The van der Waals surface area contributed by atoms with Crippen LogP contribution in [0, 0.1) is 12.8 Å². The maximum absolute atomic E-state index is 5.89.